The molecule has 6 aromatic rings. The molecular formula is C59H66BrF4N3O6Si2. The molecule has 2 fully saturated rings. The van der Waals surface area contributed by atoms with E-state index in [-0.39, 0.29) is 74.7 Å². The first-order valence-corrected chi connectivity index (χ1v) is 31.7. The Bertz CT molecular complexity index is 2930. The van der Waals surface area contributed by atoms with Gasteiger partial charge in [-0.1, -0.05) is 81.7 Å². The molecule has 2 N–H and O–H groups in total. The summed E-state index contributed by atoms with van der Waals surface area (Å²) in [5, 5.41) is 0.458. The van der Waals surface area contributed by atoms with E-state index in [0.29, 0.717) is 28.9 Å². The maximum Gasteiger partial charge on any atom is 0.250 e. The van der Waals surface area contributed by atoms with E-state index in [9.17, 15) is 36.7 Å². The Morgan fingerprint density at radius 2 is 0.853 bits per heavy atom. The van der Waals surface area contributed by atoms with Crippen LogP contribution in [-0.2, 0) is 9.59 Å². The first-order valence-electron chi connectivity index (χ1n) is 24.8. The predicted molar refractivity (Wildman–Crippen MR) is 298 cm³/mol. The smallest absolute Gasteiger partial charge is 0.250 e. The van der Waals surface area contributed by atoms with E-state index in [0.717, 1.165) is 22.6 Å². The van der Waals surface area contributed by atoms with Crippen molar-refractivity contribution in [3.8, 4) is 11.5 Å². The van der Waals surface area contributed by atoms with Crippen molar-refractivity contribution in [2.45, 2.75) is 109 Å². The lowest BCUT2D eigenvalue weighted by Gasteiger charge is -2.47. The minimum Gasteiger partial charge on any atom is -0.544 e. The second-order valence-electron chi connectivity index (χ2n) is 21.8. The number of ketones is 2. The van der Waals surface area contributed by atoms with Gasteiger partial charge in [0.2, 0.25) is 28.4 Å². The molecule has 0 aliphatic carbocycles. The summed E-state index contributed by atoms with van der Waals surface area (Å²) in [6.45, 7) is 22.0. The van der Waals surface area contributed by atoms with Crippen molar-refractivity contribution in [1.82, 2.24) is 0 Å². The molecule has 8 rings (SSSR count). The van der Waals surface area contributed by atoms with Crippen molar-refractivity contribution in [3.05, 3.63) is 191 Å². The lowest BCUT2D eigenvalue weighted by molar-refractivity contribution is -0.130. The Kier molecular flexibility index (Phi) is 18.4. The highest BCUT2D eigenvalue weighted by Gasteiger charge is 2.49. The summed E-state index contributed by atoms with van der Waals surface area (Å²) in [7, 11) is -3.91. The molecule has 2 heterocycles. The van der Waals surface area contributed by atoms with Crippen molar-refractivity contribution in [2.75, 3.05) is 15.1 Å². The number of Topliss-reactive ketones (excluding diaryl/α,β-unsaturated/α-hetero) is 2. The van der Waals surface area contributed by atoms with Crippen molar-refractivity contribution in [1.29, 1.82) is 0 Å². The van der Waals surface area contributed by atoms with Gasteiger partial charge in [0, 0.05) is 28.9 Å². The Hall–Kier alpha value is -6.21. The van der Waals surface area contributed by atoms with Gasteiger partial charge in [0.25, 0.3) is 0 Å². The monoisotopic (exact) mass is 1120 g/mol. The van der Waals surface area contributed by atoms with Crippen LogP contribution in [0.5, 0.6) is 11.5 Å². The zero-order chi connectivity index (χ0) is 55.2. The molecular weight excluding hydrogens is 1060 g/mol. The standard InChI is InChI=1S/C30H33F2NO3Si.C21H27FN2O2Si.C8H6BrFO/c1-30(2,3)37(4,5)36-25-16-8-21(9-17-25)28-26(18-19-27(34)20-6-10-22(31)11-7-20)29(35)33(28)24-14-12-23(32)13-15-24;1-21(2,3)27(4,5)26-17-12-6-14(7-13-17)19-18(23)20(25)24(19)16-10-8-15(22)9-11-16;9-5-8(11)6-1-3-7(10)4-2-6/h6-17,26,28H,18-19H2,1-5H3;6-13,18-19H,23H2,1-5H3;1-4H,5H2/t26-,28-;18-,19-;/m11./s1. The molecule has 6 aromatic carbocycles. The minimum absolute atomic E-state index is 0.0370. The maximum absolute atomic E-state index is 13.6. The number of nitrogens with zero attached hydrogens (tertiary/aromatic N) is 2. The molecule has 0 bridgehead atoms. The average Bonchev–Trinajstić information content (AvgIpc) is 3.36. The third kappa shape index (κ3) is 14.0. The van der Waals surface area contributed by atoms with Gasteiger partial charge in [0.15, 0.2) is 11.6 Å². The first-order chi connectivity index (χ1) is 35.1. The summed E-state index contributed by atoms with van der Waals surface area (Å²) >= 11 is 3.03. The second kappa shape index (κ2) is 23.8. The maximum atomic E-state index is 13.6. The number of β-lactam (4-membered cyclic amide) rings is 2. The Morgan fingerprint density at radius 3 is 1.21 bits per heavy atom. The summed E-state index contributed by atoms with van der Waals surface area (Å²) in [5.74, 6) is -0.649. The molecule has 9 nitrogen and oxygen atoms in total. The summed E-state index contributed by atoms with van der Waals surface area (Å²) in [5.41, 5.74) is 10.1. The van der Waals surface area contributed by atoms with Crippen LogP contribution in [-0.4, -0.2) is 51.4 Å². The van der Waals surface area contributed by atoms with Crippen LogP contribution < -0.4 is 24.4 Å². The van der Waals surface area contributed by atoms with Crippen molar-refractivity contribution < 1.29 is 45.6 Å². The van der Waals surface area contributed by atoms with Gasteiger partial charge in [-0.2, -0.15) is 0 Å². The number of amides is 2. The fourth-order valence-corrected chi connectivity index (χ4v) is 10.4. The third-order valence-corrected chi connectivity index (χ3v) is 23.7. The Balaban J connectivity index is 0.000000209. The van der Waals surface area contributed by atoms with Crippen molar-refractivity contribution in [3.63, 3.8) is 0 Å². The number of hydrogen-bond acceptors (Lipinski definition) is 7. The molecule has 0 unspecified atom stereocenters. The van der Waals surface area contributed by atoms with Gasteiger partial charge in [0.05, 0.1) is 23.3 Å². The summed E-state index contributed by atoms with van der Waals surface area (Å²) < 4.78 is 65.0. The second-order valence-corrected chi connectivity index (χ2v) is 31.8. The number of rotatable bonds is 14. The van der Waals surface area contributed by atoms with Crippen molar-refractivity contribution >= 4 is 67.3 Å². The quantitative estimate of drug-likeness (QED) is 0.0379. The van der Waals surface area contributed by atoms with Crippen molar-refractivity contribution in [2.24, 2.45) is 11.7 Å². The molecule has 396 valence electrons. The molecule has 75 heavy (non-hydrogen) atoms. The van der Waals surface area contributed by atoms with E-state index >= 15 is 0 Å². The summed E-state index contributed by atoms with van der Waals surface area (Å²) in [6, 6.07) is 37.1. The van der Waals surface area contributed by atoms with Gasteiger partial charge >= 0.3 is 0 Å². The number of halogens is 5. The highest BCUT2D eigenvalue weighted by molar-refractivity contribution is 9.09. The molecule has 0 aromatic heterocycles. The summed E-state index contributed by atoms with van der Waals surface area (Å²) in [4.78, 5) is 52.5. The zero-order valence-electron chi connectivity index (χ0n) is 44.1. The predicted octanol–water partition coefficient (Wildman–Crippen LogP) is 14.7. The number of carbonyl (C=O) groups is 4. The Morgan fingerprint density at radius 1 is 0.520 bits per heavy atom. The fourth-order valence-electron chi connectivity index (χ4n) is 8.00. The van der Waals surface area contributed by atoms with Crippen LogP contribution in [0.2, 0.25) is 36.3 Å². The molecule has 0 radical (unpaired) electrons. The van der Waals surface area contributed by atoms with E-state index in [4.69, 9.17) is 14.6 Å². The normalized spacial score (nSPS) is 17.6. The molecule has 2 amide bonds. The molecule has 0 saturated carbocycles. The number of anilines is 2. The molecule has 2 aliphatic rings. The largest absolute Gasteiger partial charge is 0.544 e. The first kappa shape index (κ1) is 58.1. The van der Waals surface area contributed by atoms with Crippen LogP contribution in [0, 0.1) is 29.2 Å². The van der Waals surface area contributed by atoms with E-state index in [2.05, 4.69) is 83.7 Å². The van der Waals surface area contributed by atoms with Crippen LogP contribution in [0.3, 0.4) is 0 Å². The number of carbonyl (C=O) groups excluding carboxylic acids is 4. The zero-order valence-corrected chi connectivity index (χ0v) is 47.7. The third-order valence-electron chi connectivity index (χ3n) is 14.5. The van der Waals surface area contributed by atoms with E-state index in [1.807, 2.05) is 48.5 Å². The van der Waals surface area contributed by atoms with Gasteiger partial charge in [-0.3, -0.25) is 19.2 Å². The average molecular weight is 1130 g/mol. The molecule has 2 saturated heterocycles. The van der Waals surface area contributed by atoms with E-state index < -0.39 is 34.4 Å². The van der Waals surface area contributed by atoms with Gasteiger partial charge in [-0.25, -0.2) is 17.6 Å². The highest BCUT2D eigenvalue weighted by Crippen LogP contribution is 2.47. The molecule has 16 heteroatoms. The van der Waals surface area contributed by atoms with Crippen LogP contribution in [0.1, 0.15) is 98.3 Å². The molecule has 2 aliphatic heterocycles. The van der Waals surface area contributed by atoms with Crippen LogP contribution >= 0.6 is 15.9 Å². The Labute approximate surface area is 448 Å². The molecule has 0 spiro atoms. The summed E-state index contributed by atoms with van der Waals surface area (Å²) in [6.07, 6.45) is 0.530. The van der Waals surface area contributed by atoms with Gasteiger partial charge < -0.3 is 24.4 Å². The van der Waals surface area contributed by atoms with Gasteiger partial charge in [-0.15, -0.1) is 0 Å². The van der Waals surface area contributed by atoms with Gasteiger partial charge in [-0.05, 0) is 175 Å². The number of benzene rings is 6. The van der Waals surface area contributed by atoms with Crippen LogP contribution in [0.15, 0.2) is 146 Å². The SMILES string of the molecule is CC(C)(C)[Si](C)(C)Oc1ccc([C@@H]2[C@@H](CCC(=O)c3ccc(F)cc3)C(=O)N2c2ccc(F)cc2)cc1.CC(C)(C)[Si](C)(C)Oc1ccc([C@@H]2[C@@H](N)C(=O)N2c2ccc(F)cc2)cc1.O=C(CBr)c1ccc(F)cc1. The number of nitrogens with two attached hydrogens (primary N) is 1. The van der Waals surface area contributed by atoms with E-state index in [1.165, 1.54) is 72.8 Å². The fraction of sp³-hybridized carbons (Fsp3) is 0.322. The highest BCUT2D eigenvalue weighted by atomic mass is 79.9. The lowest BCUT2D eigenvalue weighted by Crippen LogP contribution is -2.63. The number of alkyl halides is 1. The minimum atomic E-state index is -2.00. The van der Waals surface area contributed by atoms with Crippen LogP contribution in [0.4, 0.5) is 28.9 Å². The van der Waals surface area contributed by atoms with Gasteiger partial charge in [0.1, 0.15) is 40.8 Å². The topological polar surface area (TPSA) is 119 Å². The number of hydrogen-bond donors (Lipinski definition) is 1. The lowest BCUT2D eigenvalue weighted by atomic mass is 9.78. The van der Waals surface area contributed by atoms with E-state index in [1.54, 1.807) is 34.1 Å². The van der Waals surface area contributed by atoms with Crippen LogP contribution in [0.25, 0.3) is 0 Å². The molecule has 4 atom stereocenters.